The fourth-order valence-corrected chi connectivity index (χ4v) is 7.47. The summed E-state index contributed by atoms with van der Waals surface area (Å²) in [4.78, 5) is 0. The summed E-state index contributed by atoms with van der Waals surface area (Å²) in [6.07, 6.45) is 13.5. The zero-order valence-electron chi connectivity index (χ0n) is 37.5. The van der Waals surface area contributed by atoms with Gasteiger partial charge in [0, 0.05) is 0 Å². The molecule has 312 valence electrons. The maximum atomic E-state index is 3.41. The Morgan fingerprint density at radius 1 is 0.450 bits per heavy atom. The number of halogens is 2. The molecule has 60 heavy (non-hydrogen) atoms. The third kappa shape index (κ3) is 19.5. The van der Waals surface area contributed by atoms with Crippen molar-refractivity contribution in [3.63, 3.8) is 0 Å². The quantitative estimate of drug-likeness (QED) is 0.146. The molecule has 0 amide bonds. The predicted molar refractivity (Wildman–Crippen MR) is 250 cm³/mol. The van der Waals surface area contributed by atoms with E-state index in [0.29, 0.717) is 23.7 Å². The molecule has 0 saturated carbocycles. The first-order chi connectivity index (χ1) is 27.8. The standard InChI is InChI=1S/2C11H17.2C9H7.2C8H8.2ClH.2Zr/c2*1-8(2)10-6-5-7-11(10)9(3)4;2*1-2-5-9-7-3-6-8(9)4-1;2*1-2-8-6-4-3-5-7-8;;;;/h2*6,8-9H,5H2,1-4H3;2*1-7H;2*3-7H,1H3;2*1H;;/q4*-1;;;;;2*+2/p-2. The Balaban J connectivity index is 0.000000358. The normalized spacial score (nSPS) is 12.3. The number of rotatable bonds is 6. The van der Waals surface area contributed by atoms with E-state index in [1.165, 1.54) is 110 Å². The molecule has 0 spiro atoms. The number of fused-ring (bicyclic) bond motifs is 2. The van der Waals surface area contributed by atoms with Crippen LogP contribution in [0.15, 0.2) is 180 Å². The van der Waals surface area contributed by atoms with Crippen molar-refractivity contribution < 1.29 is 73.3 Å². The van der Waals surface area contributed by atoms with Gasteiger partial charge in [-0.15, -0.1) is 72.1 Å². The van der Waals surface area contributed by atoms with E-state index in [4.69, 9.17) is 0 Å². The van der Waals surface area contributed by atoms with Crippen molar-refractivity contribution >= 4 is 28.0 Å². The SMILES string of the molecule is CC(C)C1=[C-]CC=C1C(C)C.CC(C)C1=[C-]CC=C1C(C)C.C[C](=[Zr+2])c1ccccc1.C[C](=[Zr+2])c1ccccc1.[Cl-].[Cl-].c1ccc2[cH-]ccc2c1.c1ccc2[cH-]ccc2c1. The Morgan fingerprint density at radius 2 is 0.767 bits per heavy atom. The van der Waals surface area contributed by atoms with Gasteiger partial charge in [-0.2, -0.15) is 58.3 Å². The average Bonchev–Trinajstić information content (AvgIpc) is 4.07. The minimum Gasteiger partial charge on any atom is -1.00 e. The van der Waals surface area contributed by atoms with Crippen LogP contribution in [-0.4, -0.2) is 6.41 Å². The number of benzene rings is 4. The van der Waals surface area contributed by atoms with Crippen molar-refractivity contribution in [2.24, 2.45) is 23.7 Å². The average molecular weight is 990 g/mol. The molecule has 0 aliphatic heterocycles. The molecule has 0 nitrogen and oxygen atoms in total. The number of allylic oxidation sites excluding steroid dienone is 8. The van der Waals surface area contributed by atoms with Crippen molar-refractivity contribution in [3.05, 3.63) is 203 Å². The van der Waals surface area contributed by atoms with Gasteiger partial charge < -0.3 is 24.8 Å². The third-order valence-corrected chi connectivity index (χ3v) is 11.2. The molecule has 0 unspecified atom stereocenters. The van der Waals surface area contributed by atoms with E-state index in [1.54, 1.807) is 0 Å². The molecule has 0 bridgehead atoms. The zero-order valence-corrected chi connectivity index (χ0v) is 43.9. The summed E-state index contributed by atoms with van der Waals surface area (Å²) < 4.78 is 2.92. The van der Waals surface area contributed by atoms with Crippen LogP contribution in [0.25, 0.3) is 21.5 Å². The molecular weight excluding hydrogens is 926 g/mol. The Kier molecular flexibility index (Phi) is 27.8. The van der Waals surface area contributed by atoms with E-state index in [1.807, 2.05) is 12.1 Å². The largest absolute Gasteiger partial charge is 1.00 e. The molecule has 2 aliphatic rings. The Labute approximate surface area is 406 Å². The Bertz CT molecular complexity index is 1970. The first-order valence-electron chi connectivity index (χ1n) is 20.8. The second kappa shape index (κ2) is 30.2. The van der Waals surface area contributed by atoms with Gasteiger partial charge in [0.2, 0.25) is 0 Å². The molecule has 0 saturated heterocycles. The van der Waals surface area contributed by atoms with Crippen molar-refractivity contribution in [2.75, 3.05) is 0 Å². The Hall–Kier alpha value is -2.85. The maximum Gasteiger partial charge on any atom is -0.0809 e. The van der Waals surface area contributed by atoms with Crippen molar-refractivity contribution in [1.29, 1.82) is 0 Å². The summed E-state index contributed by atoms with van der Waals surface area (Å²) in [7, 11) is 0. The van der Waals surface area contributed by atoms with Crippen LogP contribution in [0.4, 0.5) is 0 Å². The Morgan fingerprint density at radius 3 is 1.02 bits per heavy atom. The summed E-state index contributed by atoms with van der Waals surface area (Å²) in [5.41, 5.74) is 8.66. The van der Waals surface area contributed by atoms with E-state index in [9.17, 15) is 0 Å². The van der Waals surface area contributed by atoms with Crippen LogP contribution < -0.4 is 24.8 Å². The van der Waals surface area contributed by atoms with E-state index in [-0.39, 0.29) is 24.8 Å². The molecule has 6 aromatic carbocycles. The zero-order chi connectivity index (χ0) is 42.5. The summed E-state index contributed by atoms with van der Waals surface area (Å²) in [6, 6.07) is 50.3. The molecule has 0 radical (unpaired) electrons. The molecular formula is C56H64Cl2Zr2-2. The minimum absolute atomic E-state index is 0. The van der Waals surface area contributed by atoms with Gasteiger partial charge in [-0.3, -0.25) is 12.2 Å². The van der Waals surface area contributed by atoms with Gasteiger partial charge >= 0.3 is 141 Å². The van der Waals surface area contributed by atoms with E-state index < -0.39 is 0 Å². The summed E-state index contributed by atoms with van der Waals surface area (Å²) in [5.74, 6) is 2.63. The number of hydrogen-bond acceptors (Lipinski definition) is 0. The smallest absolute Gasteiger partial charge is 0.0809 e. The minimum atomic E-state index is 0. The topological polar surface area (TPSA) is 0 Å². The van der Waals surface area contributed by atoms with Crippen molar-refractivity contribution in [2.45, 2.75) is 82.1 Å². The number of hydrogen-bond donors (Lipinski definition) is 0. The molecule has 8 rings (SSSR count). The van der Waals surface area contributed by atoms with Gasteiger partial charge in [-0.25, -0.2) is 11.1 Å². The predicted octanol–water partition coefficient (Wildman–Crippen LogP) is 9.39. The second-order valence-corrected chi connectivity index (χ2v) is 19.5. The van der Waals surface area contributed by atoms with Crippen molar-refractivity contribution in [1.82, 2.24) is 0 Å². The first-order valence-corrected chi connectivity index (χ1v) is 23.3. The third-order valence-electron chi connectivity index (χ3n) is 9.76. The van der Waals surface area contributed by atoms with Gasteiger partial charge in [0.1, 0.15) is 0 Å². The van der Waals surface area contributed by atoms with Crippen LogP contribution in [0.1, 0.15) is 93.2 Å². The van der Waals surface area contributed by atoms with E-state index in [0.717, 1.165) is 12.8 Å². The molecule has 6 aromatic rings. The molecule has 2 aliphatic carbocycles. The molecule has 4 heteroatoms. The van der Waals surface area contributed by atoms with Crippen molar-refractivity contribution in [3.8, 4) is 0 Å². The van der Waals surface area contributed by atoms with Crippen LogP contribution in [0, 0.1) is 35.8 Å². The summed E-state index contributed by atoms with van der Waals surface area (Å²) in [5, 5.41) is 5.32. The van der Waals surface area contributed by atoms with Gasteiger partial charge in [-0.1, -0.05) is 91.2 Å². The van der Waals surface area contributed by atoms with Gasteiger partial charge in [0.15, 0.2) is 0 Å². The molecule has 0 heterocycles. The monoisotopic (exact) mass is 986 g/mol. The summed E-state index contributed by atoms with van der Waals surface area (Å²) >= 11 is 3.01. The summed E-state index contributed by atoms with van der Waals surface area (Å²) in [6.45, 7) is 22.3. The van der Waals surface area contributed by atoms with Crippen LogP contribution >= 0.6 is 0 Å². The molecule has 0 atom stereocenters. The van der Waals surface area contributed by atoms with Crippen LogP contribution in [-0.2, 0) is 48.5 Å². The first kappa shape index (κ1) is 55.2. The molecule has 0 fully saturated rings. The van der Waals surface area contributed by atoms with Crippen LogP contribution in [0.2, 0.25) is 0 Å². The maximum absolute atomic E-state index is 3.41. The molecule has 0 aromatic heterocycles. The van der Waals surface area contributed by atoms with Crippen LogP contribution in [0.3, 0.4) is 0 Å². The fourth-order valence-electron chi connectivity index (χ4n) is 6.65. The van der Waals surface area contributed by atoms with Crippen LogP contribution in [0.5, 0.6) is 0 Å². The van der Waals surface area contributed by atoms with Gasteiger partial charge in [0.25, 0.3) is 0 Å². The van der Waals surface area contributed by atoms with E-state index in [2.05, 4.69) is 227 Å². The fraction of sp³-hybridized carbons (Fsp3) is 0.286. The van der Waals surface area contributed by atoms with Gasteiger partial charge in [-0.05, 0) is 0 Å². The molecule has 0 N–H and O–H groups in total. The van der Waals surface area contributed by atoms with E-state index >= 15 is 0 Å². The van der Waals surface area contributed by atoms with Gasteiger partial charge in [0.05, 0.1) is 0 Å². The second-order valence-electron chi connectivity index (χ2n) is 15.8.